The van der Waals surface area contributed by atoms with E-state index >= 15 is 0 Å². The normalized spacial score (nSPS) is 16.3. The zero-order valence-corrected chi connectivity index (χ0v) is 15.8. The van der Waals surface area contributed by atoms with Gasteiger partial charge >= 0.3 is 0 Å². The monoisotopic (exact) mass is 361 g/mol. The summed E-state index contributed by atoms with van der Waals surface area (Å²) in [5.41, 5.74) is 1.83. The van der Waals surface area contributed by atoms with Gasteiger partial charge in [-0.3, -0.25) is 4.79 Å². The van der Waals surface area contributed by atoms with Crippen molar-refractivity contribution < 1.29 is 19.0 Å². The van der Waals surface area contributed by atoms with E-state index in [1.165, 1.54) is 10.4 Å². The molecule has 5 nitrogen and oxygen atoms in total. The minimum atomic E-state index is -0.0112. The Bertz CT molecular complexity index is 746. The maximum absolute atomic E-state index is 13.2. The average molecular weight is 361 g/mol. The molecule has 1 aliphatic rings. The highest BCUT2D eigenvalue weighted by Crippen LogP contribution is 2.40. The molecule has 1 unspecified atom stereocenters. The number of ether oxygens (including phenoxy) is 3. The smallest absolute Gasteiger partial charge is 0.254 e. The van der Waals surface area contributed by atoms with Crippen LogP contribution in [-0.2, 0) is 6.42 Å². The van der Waals surface area contributed by atoms with Crippen molar-refractivity contribution in [3.63, 3.8) is 0 Å². The first-order valence-corrected chi connectivity index (χ1v) is 9.19. The third kappa shape index (κ3) is 3.06. The quantitative estimate of drug-likeness (QED) is 0.810. The van der Waals surface area contributed by atoms with E-state index in [0.717, 1.165) is 19.4 Å². The maximum Gasteiger partial charge on any atom is 0.254 e. The number of carbonyl (C=O) groups excluding carboxylic acids is 1. The Balaban J connectivity index is 1.98. The summed E-state index contributed by atoms with van der Waals surface area (Å²) in [6.07, 6.45) is 1.79. The van der Waals surface area contributed by atoms with Crippen molar-refractivity contribution in [1.29, 1.82) is 0 Å². The molecule has 2 heterocycles. The lowest BCUT2D eigenvalue weighted by Gasteiger charge is -2.35. The number of hydrogen-bond donors (Lipinski definition) is 0. The maximum atomic E-state index is 13.2. The van der Waals surface area contributed by atoms with Crippen molar-refractivity contribution in [2.75, 3.05) is 27.9 Å². The summed E-state index contributed by atoms with van der Waals surface area (Å²) in [5, 5.41) is 2.11. The van der Waals surface area contributed by atoms with Crippen molar-refractivity contribution >= 4 is 17.2 Å². The summed E-state index contributed by atoms with van der Waals surface area (Å²) >= 11 is 1.78. The Morgan fingerprint density at radius 2 is 1.88 bits per heavy atom. The van der Waals surface area contributed by atoms with Crippen LogP contribution >= 0.6 is 11.3 Å². The molecule has 3 rings (SSSR count). The summed E-state index contributed by atoms with van der Waals surface area (Å²) in [6, 6.07) is 5.70. The van der Waals surface area contributed by atoms with Crippen molar-refractivity contribution in [1.82, 2.24) is 4.90 Å². The molecule has 1 atom stereocenters. The highest BCUT2D eigenvalue weighted by Gasteiger charge is 2.31. The number of fused-ring (bicyclic) bond motifs is 1. The van der Waals surface area contributed by atoms with Gasteiger partial charge in [-0.05, 0) is 42.0 Å². The second-order valence-corrected chi connectivity index (χ2v) is 6.89. The van der Waals surface area contributed by atoms with E-state index in [0.29, 0.717) is 22.8 Å². The topological polar surface area (TPSA) is 48.0 Å². The van der Waals surface area contributed by atoms with E-state index in [4.69, 9.17) is 14.2 Å². The first kappa shape index (κ1) is 17.6. The second-order valence-electron chi connectivity index (χ2n) is 5.89. The molecule has 6 heteroatoms. The van der Waals surface area contributed by atoms with Crippen LogP contribution in [0.4, 0.5) is 0 Å². The van der Waals surface area contributed by atoms with E-state index in [2.05, 4.69) is 18.4 Å². The number of thiophene rings is 1. The van der Waals surface area contributed by atoms with E-state index in [9.17, 15) is 4.79 Å². The molecule has 1 aliphatic heterocycles. The fraction of sp³-hybridized carbons (Fsp3) is 0.421. The predicted octanol–water partition coefficient (Wildman–Crippen LogP) is 3.92. The molecular formula is C19H23NO4S. The number of carbonyl (C=O) groups is 1. The van der Waals surface area contributed by atoms with Crippen molar-refractivity contribution in [2.45, 2.75) is 25.8 Å². The van der Waals surface area contributed by atoms with Crippen molar-refractivity contribution in [2.24, 2.45) is 0 Å². The van der Waals surface area contributed by atoms with Crippen molar-refractivity contribution in [3.8, 4) is 17.2 Å². The number of methoxy groups -OCH3 is 3. The zero-order chi connectivity index (χ0) is 18.0. The van der Waals surface area contributed by atoms with Crippen LogP contribution in [0.25, 0.3) is 0 Å². The van der Waals surface area contributed by atoms with Crippen LogP contribution in [0, 0.1) is 0 Å². The van der Waals surface area contributed by atoms with E-state index in [1.807, 2.05) is 4.90 Å². The van der Waals surface area contributed by atoms with Gasteiger partial charge in [-0.2, -0.15) is 0 Å². The summed E-state index contributed by atoms with van der Waals surface area (Å²) in [4.78, 5) is 16.6. The van der Waals surface area contributed by atoms with E-state index in [-0.39, 0.29) is 11.9 Å². The summed E-state index contributed by atoms with van der Waals surface area (Å²) in [5.74, 6) is 1.47. The molecule has 25 heavy (non-hydrogen) atoms. The first-order valence-electron chi connectivity index (χ1n) is 8.31. The summed E-state index contributed by atoms with van der Waals surface area (Å²) < 4.78 is 16.1. The Hall–Kier alpha value is -2.21. The summed E-state index contributed by atoms with van der Waals surface area (Å²) in [6.45, 7) is 2.84. The van der Waals surface area contributed by atoms with Gasteiger partial charge in [0.05, 0.1) is 27.4 Å². The van der Waals surface area contributed by atoms with Gasteiger partial charge in [0.15, 0.2) is 11.5 Å². The number of hydrogen-bond acceptors (Lipinski definition) is 5. The Morgan fingerprint density at radius 1 is 1.20 bits per heavy atom. The fourth-order valence-electron chi connectivity index (χ4n) is 3.45. The van der Waals surface area contributed by atoms with E-state index in [1.54, 1.807) is 44.8 Å². The molecule has 0 radical (unpaired) electrons. The van der Waals surface area contributed by atoms with Crippen molar-refractivity contribution in [3.05, 3.63) is 39.6 Å². The van der Waals surface area contributed by atoms with Gasteiger partial charge in [0.2, 0.25) is 5.75 Å². The molecule has 134 valence electrons. The van der Waals surface area contributed by atoms with Crippen LogP contribution < -0.4 is 14.2 Å². The molecule has 0 aliphatic carbocycles. The molecule has 0 saturated heterocycles. The van der Waals surface area contributed by atoms with Crippen LogP contribution in [0.5, 0.6) is 17.2 Å². The highest BCUT2D eigenvalue weighted by molar-refractivity contribution is 7.10. The van der Waals surface area contributed by atoms with Gasteiger partial charge in [0, 0.05) is 17.0 Å². The second kappa shape index (κ2) is 7.35. The Labute approximate surface area is 152 Å². The van der Waals surface area contributed by atoms with Gasteiger partial charge in [-0.15, -0.1) is 11.3 Å². The fourth-order valence-corrected chi connectivity index (χ4v) is 4.38. The average Bonchev–Trinajstić information content (AvgIpc) is 3.13. The lowest BCUT2D eigenvalue weighted by molar-refractivity contribution is 0.0656. The van der Waals surface area contributed by atoms with Gasteiger partial charge in [-0.1, -0.05) is 6.92 Å². The minimum Gasteiger partial charge on any atom is -0.493 e. The Morgan fingerprint density at radius 3 is 2.44 bits per heavy atom. The molecule has 0 bridgehead atoms. The molecular weight excluding hydrogens is 338 g/mol. The molecule has 0 spiro atoms. The standard InChI is InChI=1S/C19H23NO4S/c1-5-14-13-7-9-25-17(13)6-8-20(14)19(21)12-10-15(22-2)18(24-4)16(11-12)23-3/h7,9-11,14H,5-6,8H2,1-4H3. The molecule has 1 aromatic heterocycles. The van der Waals surface area contributed by atoms with Crippen LogP contribution in [0.2, 0.25) is 0 Å². The van der Waals surface area contributed by atoms with Gasteiger partial charge in [-0.25, -0.2) is 0 Å². The molecule has 2 aromatic rings. The molecule has 0 N–H and O–H groups in total. The van der Waals surface area contributed by atoms with Crippen LogP contribution in [-0.4, -0.2) is 38.7 Å². The highest BCUT2D eigenvalue weighted by atomic mass is 32.1. The lowest BCUT2D eigenvalue weighted by Crippen LogP contribution is -2.39. The third-order valence-corrected chi connectivity index (χ3v) is 5.65. The third-order valence-electron chi connectivity index (χ3n) is 4.65. The summed E-state index contributed by atoms with van der Waals surface area (Å²) in [7, 11) is 4.66. The van der Waals surface area contributed by atoms with Gasteiger partial charge < -0.3 is 19.1 Å². The molecule has 1 aromatic carbocycles. The molecule has 0 saturated carbocycles. The zero-order valence-electron chi connectivity index (χ0n) is 15.0. The van der Waals surface area contributed by atoms with Gasteiger partial charge in [0.25, 0.3) is 5.91 Å². The largest absolute Gasteiger partial charge is 0.493 e. The first-order chi connectivity index (χ1) is 12.1. The predicted molar refractivity (Wildman–Crippen MR) is 98.2 cm³/mol. The Kier molecular flexibility index (Phi) is 5.18. The number of rotatable bonds is 5. The van der Waals surface area contributed by atoms with Gasteiger partial charge in [0.1, 0.15) is 0 Å². The number of benzene rings is 1. The van der Waals surface area contributed by atoms with Crippen LogP contribution in [0.3, 0.4) is 0 Å². The minimum absolute atomic E-state index is 0.0112. The SMILES string of the molecule is CCC1c2ccsc2CCN1C(=O)c1cc(OC)c(OC)c(OC)c1. The lowest BCUT2D eigenvalue weighted by atomic mass is 9.96. The molecule has 0 fully saturated rings. The molecule has 1 amide bonds. The number of nitrogens with zero attached hydrogens (tertiary/aromatic N) is 1. The van der Waals surface area contributed by atoms with Crippen LogP contribution in [0.1, 0.15) is 40.2 Å². The number of amides is 1. The van der Waals surface area contributed by atoms with E-state index < -0.39 is 0 Å². The van der Waals surface area contributed by atoms with Crippen LogP contribution in [0.15, 0.2) is 23.6 Å².